The second-order valence-corrected chi connectivity index (χ2v) is 10.3. The maximum Gasteiger partial charge on any atom is 0.305 e. The first-order valence-electron chi connectivity index (χ1n) is 14.5. The SMILES string of the molecule is CCOC(=O)CCCCn1ccc(/C=C2\CN(C(c3ccccc3)(c3ccccc3)c3ccccc3)CCC2=O)n1. The Labute approximate surface area is 242 Å². The maximum atomic E-state index is 13.2. The number of rotatable bonds is 11. The Morgan fingerprint density at radius 1 is 0.878 bits per heavy atom. The predicted octanol–water partition coefficient (Wildman–Crippen LogP) is 6.27. The molecule has 0 saturated carbocycles. The minimum absolute atomic E-state index is 0.156. The summed E-state index contributed by atoms with van der Waals surface area (Å²) < 4.78 is 6.88. The first kappa shape index (κ1) is 28.2. The molecule has 0 spiro atoms. The minimum atomic E-state index is -0.568. The van der Waals surface area contributed by atoms with Gasteiger partial charge in [-0.05, 0) is 48.6 Å². The summed E-state index contributed by atoms with van der Waals surface area (Å²) in [6.45, 7) is 4.09. The van der Waals surface area contributed by atoms with Gasteiger partial charge in [0.1, 0.15) is 0 Å². The van der Waals surface area contributed by atoms with Gasteiger partial charge in [-0.15, -0.1) is 0 Å². The number of carbonyl (C=O) groups excluding carboxylic acids is 2. The second-order valence-electron chi connectivity index (χ2n) is 10.3. The molecular formula is C35H37N3O3. The van der Waals surface area contributed by atoms with Gasteiger partial charge in [0.25, 0.3) is 0 Å². The highest BCUT2D eigenvalue weighted by atomic mass is 16.5. The van der Waals surface area contributed by atoms with E-state index in [0.717, 1.165) is 40.8 Å². The number of hydrogen-bond donors (Lipinski definition) is 0. The molecule has 0 N–H and O–H groups in total. The van der Waals surface area contributed by atoms with Crippen molar-refractivity contribution in [3.8, 4) is 0 Å². The molecule has 0 aliphatic carbocycles. The third kappa shape index (κ3) is 6.39. The molecule has 3 aromatic carbocycles. The van der Waals surface area contributed by atoms with Gasteiger partial charge in [0.05, 0.1) is 17.8 Å². The number of piperidine rings is 1. The van der Waals surface area contributed by atoms with Gasteiger partial charge in [-0.25, -0.2) is 0 Å². The maximum absolute atomic E-state index is 13.2. The Kier molecular flexibility index (Phi) is 9.22. The lowest BCUT2D eigenvalue weighted by Gasteiger charge is -2.47. The van der Waals surface area contributed by atoms with Crippen LogP contribution >= 0.6 is 0 Å². The van der Waals surface area contributed by atoms with Crippen LogP contribution in [0.15, 0.2) is 109 Å². The number of aromatic nitrogens is 2. The van der Waals surface area contributed by atoms with E-state index in [1.165, 1.54) is 0 Å². The van der Waals surface area contributed by atoms with Crippen molar-refractivity contribution in [2.24, 2.45) is 0 Å². The molecule has 6 nitrogen and oxygen atoms in total. The van der Waals surface area contributed by atoms with Crippen LogP contribution < -0.4 is 0 Å². The van der Waals surface area contributed by atoms with Gasteiger partial charge in [-0.3, -0.25) is 19.2 Å². The van der Waals surface area contributed by atoms with E-state index in [9.17, 15) is 9.59 Å². The lowest BCUT2D eigenvalue weighted by molar-refractivity contribution is -0.143. The minimum Gasteiger partial charge on any atom is -0.466 e. The average molecular weight is 548 g/mol. The van der Waals surface area contributed by atoms with Gasteiger partial charge in [0.2, 0.25) is 0 Å². The molecule has 6 heteroatoms. The van der Waals surface area contributed by atoms with Crippen LogP contribution in [0.4, 0.5) is 0 Å². The van der Waals surface area contributed by atoms with Crippen molar-refractivity contribution in [3.05, 3.63) is 131 Å². The Morgan fingerprint density at radius 3 is 2.02 bits per heavy atom. The molecule has 0 bridgehead atoms. The number of likely N-dealkylation sites (tertiary alicyclic amines) is 1. The number of carbonyl (C=O) groups is 2. The molecule has 5 rings (SSSR count). The average Bonchev–Trinajstić information content (AvgIpc) is 3.46. The summed E-state index contributed by atoms with van der Waals surface area (Å²) in [6.07, 6.45) is 6.32. The zero-order chi connectivity index (χ0) is 28.5. The monoisotopic (exact) mass is 547 g/mol. The van der Waals surface area contributed by atoms with Gasteiger partial charge in [-0.1, -0.05) is 91.0 Å². The topological polar surface area (TPSA) is 64.4 Å². The van der Waals surface area contributed by atoms with Crippen molar-refractivity contribution in [2.75, 3.05) is 19.7 Å². The molecule has 1 fully saturated rings. The Balaban J connectivity index is 1.44. The molecule has 210 valence electrons. The summed E-state index contributed by atoms with van der Waals surface area (Å²) >= 11 is 0. The molecule has 0 atom stereocenters. The summed E-state index contributed by atoms with van der Waals surface area (Å²) in [7, 11) is 0. The van der Waals surface area contributed by atoms with Crippen molar-refractivity contribution in [3.63, 3.8) is 0 Å². The molecule has 2 heterocycles. The van der Waals surface area contributed by atoms with Gasteiger partial charge in [0.15, 0.2) is 5.78 Å². The first-order valence-corrected chi connectivity index (χ1v) is 14.5. The fraction of sp³-hybridized carbons (Fsp3) is 0.286. The summed E-state index contributed by atoms with van der Waals surface area (Å²) in [6, 6.07) is 33.7. The molecule has 1 saturated heterocycles. The van der Waals surface area contributed by atoms with Crippen molar-refractivity contribution < 1.29 is 14.3 Å². The zero-order valence-electron chi connectivity index (χ0n) is 23.6. The fourth-order valence-electron chi connectivity index (χ4n) is 5.80. The number of nitrogens with zero attached hydrogens (tertiary/aromatic N) is 3. The number of ether oxygens (including phenoxy) is 1. The van der Waals surface area contributed by atoms with Gasteiger partial charge in [0, 0.05) is 44.2 Å². The van der Waals surface area contributed by atoms with E-state index in [4.69, 9.17) is 9.84 Å². The van der Waals surface area contributed by atoms with Gasteiger partial charge >= 0.3 is 5.97 Å². The van der Waals surface area contributed by atoms with Crippen molar-refractivity contribution in [1.29, 1.82) is 0 Å². The van der Waals surface area contributed by atoms with E-state index in [1.807, 2.05) is 48.1 Å². The largest absolute Gasteiger partial charge is 0.466 e. The van der Waals surface area contributed by atoms with Crippen molar-refractivity contribution in [2.45, 2.75) is 44.7 Å². The highest BCUT2D eigenvalue weighted by Gasteiger charge is 2.44. The Morgan fingerprint density at radius 2 is 1.46 bits per heavy atom. The highest BCUT2D eigenvalue weighted by Crippen LogP contribution is 2.43. The molecular weight excluding hydrogens is 510 g/mol. The highest BCUT2D eigenvalue weighted by molar-refractivity contribution is 6.00. The Bertz CT molecular complexity index is 1370. The summed E-state index contributed by atoms with van der Waals surface area (Å²) in [5.41, 5.74) is 4.46. The van der Waals surface area contributed by atoms with E-state index < -0.39 is 5.54 Å². The number of hydrogen-bond acceptors (Lipinski definition) is 5. The molecule has 1 aliphatic heterocycles. The van der Waals surface area contributed by atoms with Crippen LogP contribution in [-0.4, -0.2) is 46.1 Å². The van der Waals surface area contributed by atoms with Crippen LogP contribution in [0, 0.1) is 0 Å². The third-order valence-electron chi connectivity index (χ3n) is 7.68. The second kappa shape index (κ2) is 13.4. The van der Waals surface area contributed by atoms with Crippen molar-refractivity contribution in [1.82, 2.24) is 14.7 Å². The van der Waals surface area contributed by atoms with E-state index >= 15 is 0 Å². The van der Waals surface area contributed by atoms with Crippen LogP contribution in [0.2, 0.25) is 0 Å². The lowest BCUT2D eigenvalue weighted by atomic mass is 9.74. The number of aryl methyl sites for hydroxylation is 1. The van der Waals surface area contributed by atoms with Crippen LogP contribution in [0.1, 0.15) is 55.0 Å². The Hall–Kier alpha value is -4.29. The van der Waals surface area contributed by atoms with E-state index in [1.54, 1.807) is 0 Å². The normalized spacial score (nSPS) is 15.2. The molecule has 0 radical (unpaired) electrons. The lowest BCUT2D eigenvalue weighted by Crippen LogP contribution is -2.52. The molecule has 1 aliphatic rings. The number of esters is 1. The molecule has 1 aromatic heterocycles. The van der Waals surface area contributed by atoms with Gasteiger partial charge < -0.3 is 4.74 Å². The first-order chi connectivity index (χ1) is 20.1. The van der Waals surface area contributed by atoms with Crippen LogP contribution in [0.25, 0.3) is 6.08 Å². The number of benzene rings is 3. The molecule has 4 aromatic rings. The quantitative estimate of drug-likeness (QED) is 0.0959. The molecule has 0 unspecified atom stereocenters. The number of unbranched alkanes of at least 4 members (excludes halogenated alkanes) is 1. The van der Waals surface area contributed by atoms with E-state index in [2.05, 4.69) is 77.7 Å². The van der Waals surface area contributed by atoms with Gasteiger partial charge in [-0.2, -0.15) is 5.10 Å². The number of ketones is 1. The third-order valence-corrected chi connectivity index (χ3v) is 7.68. The summed E-state index contributed by atoms with van der Waals surface area (Å²) in [5.74, 6) is 0.00431. The van der Waals surface area contributed by atoms with Crippen molar-refractivity contribution >= 4 is 17.8 Å². The summed E-state index contributed by atoms with van der Waals surface area (Å²) in [5, 5.41) is 4.71. The van der Waals surface area contributed by atoms with E-state index in [-0.39, 0.29) is 11.8 Å². The summed E-state index contributed by atoms with van der Waals surface area (Å²) in [4.78, 5) is 27.3. The molecule has 41 heavy (non-hydrogen) atoms. The van der Waals surface area contributed by atoms with Crippen LogP contribution in [0.5, 0.6) is 0 Å². The standard InChI is InChI=1S/C35H37N3O3/c1-2-41-34(40)20-12-13-23-38-25-21-32(36-38)26-28-27-37(24-22-33(28)39)35(29-14-6-3-7-15-29,30-16-8-4-9-17-30)31-18-10-5-11-19-31/h3-11,14-19,21,25-26H,2,12-13,20,22-24,27H2,1H3/b28-26+. The fourth-order valence-corrected chi connectivity index (χ4v) is 5.80. The van der Waals surface area contributed by atoms with Crippen LogP contribution in [0.3, 0.4) is 0 Å². The predicted molar refractivity (Wildman–Crippen MR) is 161 cm³/mol. The number of Topliss-reactive ketones (excluding diaryl/α,β-unsaturated/α-hetero) is 1. The van der Waals surface area contributed by atoms with Crippen LogP contribution in [-0.2, 0) is 26.4 Å². The van der Waals surface area contributed by atoms with E-state index in [0.29, 0.717) is 39.1 Å². The molecule has 0 amide bonds. The zero-order valence-corrected chi connectivity index (χ0v) is 23.6. The smallest absolute Gasteiger partial charge is 0.305 e.